The number of amides is 1. The van der Waals surface area contributed by atoms with Gasteiger partial charge in [-0.15, -0.1) is 0 Å². The van der Waals surface area contributed by atoms with Crippen LogP contribution in [-0.2, 0) is 11.2 Å². The van der Waals surface area contributed by atoms with Crippen molar-refractivity contribution in [3.05, 3.63) is 35.4 Å². The van der Waals surface area contributed by atoms with E-state index in [2.05, 4.69) is 0 Å². The van der Waals surface area contributed by atoms with Crippen molar-refractivity contribution < 1.29 is 14.6 Å². The maximum Gasteiger partial charge on any atom is 0.253 e. The maximum absolute atomic E-state index is 12.3. The summed E-state index contributed by atoms with van der Waals surface area (Å²) in [5, 5.41) is 9.65. The van der Waals surface area contributed by atoms with Crippen LogP contribution >= 0.6 is 0 Å². The minimum Gasteiger partial charge on any atom is -0.389 e. The average Bonchev–Trinajstić information content (AvgIpc) is 2.39. The molecule has 0 aromatic heterocycles. The van der Waals surface area contributed by atoms with Crippen molar-refractivity contribution in [3.8, 4) is 0 Å². The molecule has 0 aliphatic heterocycles. The fourth-order valence-corrected chi connectivity index (χ4v) is 1.95. The Kier molecular flexibility index (Phi) is 6.49. The molecule has 0 aliphatic rings. The van der Waals surface area contributed by atoms with Crippen LogP contribution in [0.4, 0.5) is 0 Å². The zero-order chi connectivity index (χ0) is 14.3. The Bertz CT molecular complexity index is 409. The Morgan fingerprint density at radius 3 is 2.79 bits per heavy atom. The van der Waals surface area contributed by atoms with E-state index in [1.165, 1.54) is 12.0 Å². The number of aliphatic hydroxyl groups excluding tert-OH is 1. The van der Waals surface area contributed by atoms with Crippen molar-refractivity contribution in [2.75, 3.05) is 33.9 Å². The minimum atomic E-state index is -0.680. The Morgan fingerprint density at radius 1 is 1.47 bits per heavy atom. The molecule has 0 aliphatic carbocycles. The quantitative estimate of drug-likeness (QED) is 0.742. The Labute approximate surface area is 114 Å². The van der Waals surface area contributed by atoms with E-state index in [1.54, 1.807) is 13.1 Å². The van der Waals surface area contributed by atoms with Crippen molar-refractivity contribution >= 4 is 5.91 Å². The second-order valence-electron chi connectivity index (χ2n) is 4.49. The summed E-state index contributed by atoms with van der Waals surface area (Å²) in [5.74, 6) is -0.112. The second-order valence-corrected chi connectivity index (χ2v) is 4.49. The van der Waals surface area contributed by atoms with Crippen molar-refractivity contribution in [1.29, 1.82) is 0 Å². The number of hydrogen-bond acceptors (Lipinski definition) is 4. The summed E-state index contributed by atoms with van der Waals surface area (Å²) >= 11 is 0. The number of benzene rings is 1. The Balaban J connectivity index is 2.76. The van der Waals surface area contributed by atoms with E-state index in [1.807, 2.05) is 18.2 Å². The van der Waals surface area contributed by atoms with Crippen molar-refractivity contribution in [2.24, 2.45) is 5.73 Å². The number of methoxy groups -OCH3 is 1. The summed E-state index contributed by atoms with van der Waals surface area (Å²) in [6, 6.07) is 7.40. The van der Waals surface area contributed by atoms with E-state index < -0.39 is 6.10 Å². The molecule has 0 heterocycles. The van der Waals surface area contributed by atoms with Crippen molar-refractivity contribution in [1.82, 2.24) is 4.90 Å². The zero-order valence-corrected chi connectivity index (χ0v) is 11.5. The molecule has 1 atom stereocenters. The first kappa shape index (κ1) is 15.6. The molecule has 106 valence electrons. The van der Waals surface area contributed by atoms with Crippen LogP contribution in [0.2, 0.25) is 0 Å². The Morgan fingerprint density at radius 2 is 2.16 bits per heavy atom. The molecule has 0 spiro atoms. The van der Waals surface area contributed by atoms with Crippen molar-refractivity contribution in [2.45, 2.75) is 12.5 Å². The number of nitrogens with zero attached hydrogens (tertiary/aromatic N) is 1. The van der Waals surface area contributed by atoms with Crippen LogP contribution in [0.5, 0.6) is 0 Å². The topological polar surface area (TPSA) is 75.8 Å². The third-order valence-electron chi connectivity index (χ3n) is 2.85. The van der Waals surface area contributed by atoms with Gasteiger partial charge in [0.1, 0.15) is 0 Å². The highest BCUT2D eigenvalue weighted by atomic mass is 16.5. The molecule has 1 aromatic carbocycles. The molecule has 1 amide bonds. The molecule has 0 radical (unpaired) electrons. The van der Waals surface area contributed by atoms with Gasteiger partial charge in [-0.3, -0.25) is 4.79 Å². The fraction of sp³-hybridized carbons (Fsp3) is 0.500. The number of rotatable bonds is 7. The van der Waals surface area contributed by atoms with E-state index >= 15 is 0 Å². The number of ether oxygens (including phenoxy) is 1. The maximum atomic E-state index is 12.3. The van der Waals surface area contributed by atoms with Gasteiger partial charge in [-0.05, 0) is 24.6 Å². The minimum absolute atomic E-state index is 0.112. The second kappa shape index (κ2) is 7.89. The monoisotopic (exact) mass is 266 g/mol. The number of carbonyl (C=O) groups excluding carboxylic acids is 1. The lowest BCUT2D eigenvalue weighted by Gasteiger charge is -2.21. The molecule has 0 saturated heterocycles. The summed E-state index contributed by atoms with van der Waals surface area (Å²) < 4.78 is 4.85. The van der Waals surface area contributed by atoms with Crippen molar-refractivity contribution in [3.63, 3.8) is 0 Å². The van der Waals surface area contributed by atoms with E-state index in [-0.39, 0.29) is 19.1 Å². The summed E-state index contributed by atoms with van der Waals surface area (Å²) in [6.07, 6.45) is -0.0169. The lowest BCUT2D eigenvalue weighted by molar-refractivity contribution is 0.0380. The van der Waals surface area contributed by atoms with Crippen LogP contribution in [-0.4, -0.2) is 55.9 Å². The van der Waals surface area contributed by atoms with Gasteiger partial charge in [0.25, 0.3) is 5.91 Å². The highest BCUT2D eigenvalue weighted by molar-refractivity contribution is 5.95. The van der Waals surface area contributed by atoms with Crippen LogP contribution in [0.25, 0.3) is 0 Å². The van der Waals surface area contributed by atoms with Gasteiger partial charge in [0.05, 0.1) is 12.7 Å². The summed E-state index contributed by atoms with van der Waals surface area (Å²) in [4.78, 5) is 13.8. The number of hydrogen-bond donors (Lipinski definition) is 2. The summed E-state index contributed by atoms with van der Waals surface area (Å²) in [5.41, 5.74) is 7.12. The third-order valence-corrected chi connectivity index (χ3v) is 2.85. The third kappa shape index (κ3) is 4.63. The highest BCUT2D eigenvalue weighted by Gasteiger charge is 2.17. The largest absolute Gasteiger partial charge is 0.389 e. The van der Waals surface area contributed by atoms with Gasteiger partial charge >= 0.3 is 0 Å². The molecule has 1 aromatic rings. The van der Waals surface area contributed by atoms with Crippen LogP contribution in [0, 0.1) is 0 Å². The molecule has 0 fully saturated rings. The zero-order valence-electron chi connectivity index (χ0n) is 11.5. The van der Waals surface area contributed by atoms with E-state index in [9.17, 15) is 9.90 Å². The molecule has 19 heavy (non-hydrogen) atoms. The number of aliphatic hydroxyl groups is 1. The van der Waals surface area contributed by atoms with Crippen LogP contribution < -0.4 is 5.73 Å². The first-order valence-corrected chi connectivity index (χ1v) is 6.30. The first-order valence-electron chi connectivity index (χ1n) is 6.30. The van der Waals surface area contributed by atoms with Gasteiger partial charge in [0.15, 0.2) is 0 Å². The predicted octanol–water partition coefficient (Wildman–Crippen LogP) is 0.267. The SMILES string of the molecule is COCC(O)CN(C)C(=O)c1ccccc1CCN. The van der Waals surface area contributed by atoms with E-state index in [4.69, 9.17) is 10.5 Å². The van der Waals surface area contributed by atoms with Gasteiger partial charge < -0.3 is 20.5 Å². The molecule has 5 heteroatoms. The van der Waals surface area contributed by atoms with E-state index in [0.29, 0.717) is 18.5 Å². The van der Waals surface area contributed by atoms with Gasteiger partial charge in [-0.25, -0.2) is 0 Å². The Hall–Kier alpha value is -1.43. The van der Waals surface area contributed by atoms with Gasteiger partial charge in [0.2, 0.25) is 0 Å². The molecule has 1 unspecified atom stereocenters. The summed E-state index contributed by atoms with van der Waals surface area (Å²) in [6.45, 7) is 0.950. The molecule has 0 bridgehead atoms. The highest BCUT2D eigenvalue weighted by Crippen LogP contribution is 2.12. The van der Waals surface area contributed by atoms with Crippen LogP contribution in [0.1, 0.15) is 15.9 Å². The van der Waals surface area contributed by atoms with Crippen LogP contribution in [0.3, 0.4) is 0 Å². The predicted molar refractivity (Wildman–Crippen MR) is 74.0 cm³/mol. The van der Waals surface area contributed by atoms with Gasteiger partial charge in [-0.2, -0.15) is 0 Å². The first-order chi connectivity index (χ1) is 9.10. The smallest absolute Gasteiger partial charge is 0.253 e. The fourth-order valence-electron chi connectivity index (χ4n) is 1.95. The lowest BCUT2D eigenvalue weighted by Crippen LogP contribution is -2.36. The number of likely N-dealkylation sites (N-methyl/N-ethyl adjacent to an activating group) is 1. The normalized spacial score (nSPS) is 12.2. The molecular formula is C14H22N2O3. The summed E-state index contributed by atoms with van der Waals surface area (Å²) in [7, 11) is 3.18. The van der Waals surface area contributed by atoms with Gasteiger partial charge in [0, 0.05) is 26.3 Å². The number of carbonyl (C=O) groups is 1. The standard InChI is InChI=1S/C14H22N2O3/c1-16(9-12(17)10-19-2)14(18)13-6-4-3-5-11(13)7-8-15/h3-6,12,17H,7-10,15H2,1-2H3. The average molecular weight is 266 g/mol. The van der Waals surface area contributed by atoms with Crippen LogP contribution in [0.15, 0.2) is 24.3 Å². The van der Waals surface area contributed by atoms with E-state index in [0.717, 1.165) is 5.56 Å². The van der Waals surface area contributed by atoms with Gasteiger partial charge in [-0.1, -0.05) is 18.2 Å². The number of nitrogens with two attached hydrogens (primary N) is 1. The molecule has 0 saturated carbocycles. The molecule has 1 rings (SSSR count). The molecule has 3 N–H and O–H groups in total. The molecular weight excluding hydrogens is 244 g/mol. The lowest BCUT2D eigenvalue weighted by atomic mass is 10.0. The molecule has 5 nitrogen and oxygen atoms in total.